The Bertz CT molecular complexity index is 348. The maximum absolute atomic E-state index is 3.75. The Morgan fingerprint density at radius 1 is 1.08 bits per heavy atom. The predicted octanol–water partition coefficient (Wildman–Crippen LogP) is 3.47. The average molecular weight is 168 g/mol. The van der Waals surface area contributed by atoms with Crippen LogP contribution in [-0.2, 0) is 0 Å². The van der Waals surface area contributed by atoms with Crippen LogP contribution >= 0.6 is 0 Å². The highest BCUT2D eigenvalue weighted by Gasteiger charge is 2.11. The minimum atomic E-state index is 1.02. The number of rotatable bonds is 2. The number of hydrogen-bond acceptors (Lipinski definition) is 0. The Hall–Kier alpha value is -1.52. The van der Waals surface area contributed by atoms with E-state index >= 15 is 0 Å². The van der Waals surface area contributed by atoms with Crippen LogP contribution in [0.1, 0.15) is 12.8 Å². The summed E-state index contributed by atoms with van der Waals surface area (Å²) in [6.45, 7) is 3.75. The topological polar surface area (TPSA) is 0 Å². The molecule has 0 saturated carbocycles. The van der Waals surface area contributed by atoms with E-state index < -0.39 is 0 Å². The van der Waals surface area contributed by atoms with Crippen molar-refractivity contribution in [2.45, 2.75) is 12.8 Å². The van der Waals surface area contributed by atoms with Crippen molar-refractivity contribution < 1.29 is 0 Å². The minimum absolute atomic E-state index is 1.02. The Labute approximate surface area is 79.0 Å². The molecule has 0 nitrogen and oxygen atoms in total. The summed E-state index contributed by atoms with van der Waals surface area (Å²) in [4.78, 5) is 0. The maximum atomic E-state index is 3.75. The van der Waals surface area contributed by atoms with Crippen molar-refractivity contribution in [3.63, 3.8) is 0 Å². The van der Waals surface area contributed by atoms with Crippen LogP contribution in [0.5, 0.6) is 0 Å². The van der Waals surface area contributed by atoms with Gasteiger partial charge in [-0.15, -0.1) is 5.73 Å². The molecule has 0 heteroatoms. The number of allylic oxidation sites excluding steroid dienone is 9. The van der Waals surface area contributed by atoms with E-state index in [1.165, 1.54) is 16.7 Å². The first-order valence-electron chi connectivity index (χ1n) is 4.54. The Morgan fingerprint density at radius 3 is 1.92 bits per heavy atom. The van der Waals surface area contributed by atoms with E-state index in [1.54, 1.807) is 0 Å². The number of hydrogen-bond donors (Lipinski definition) is 0. The van der Waals surface area contributed by atoms with Gasteiger partial charge in [-0.2, -0.15) is 0 Å². The molecule has 2 rings (SSSR count). The summed E-state index contributed by atoms with van der Waals surface area (Å²) in [6, 6.07) is 0. The molecule has 0 bridgehead atoms. The Kier molecular flexibility index (Phi) is 2.16. The van der Waals surface area contributed by atoms with Gasteiger partial charge in [-0.3, -0.25) is 0 Å². The fourth-order valence-electron chi connectivity index (χ4n) is 1.70. The second kappa shape index (κ2) is 3.47. The van der Waals surface area contributed by atoms with Gasteiger partial charge in [0.25, 0.3) is 0 Å². The van der Waals surface area contributed by atoms with Gasteiger partial charge in [0.2, 0.25) is 0 Å². The van der Waals surface area contributed by atoms with E-state index in [4.69, 9.17) is 0 Å². The van der Waals surface area contributed by atoms with Gasteiger partial charge in [-0.25, -0.2) is 0 Å². The van der Waals surface area contributed by atoms with Crippen molar-refractivity contribution >= 4 is 0 Å². The summed E-state index contributed by atoms with van der Waals surface area (Å²) in [5.41, 5.74) is 6.90. The zero-order valence-electron chi connectivity index (χ0n) is 7.59. The molecule has 0 heterocycles. The zero-order valence-corrected chi connectivity index (χ0v) is 7.59. The van der Waals surface area contributed by atoms with Crippen LogP contribution in [0.15, 0.2) is 65.5 Å². The Balaban J connectivity index is 2.25. The molecule has 0 aliphatic heterocycles. The quantitative estimate of drug-likeness (QED) is 0.554. The largest absolute Gasteiger partial charge is 0.120 e. The highest BCUT2D eigenvalue weighted by atomic mass is 14.1. The smallest absolute Gasteiger partial charge is 0.0228 e. The summed E-state index contributed by atoms with van der Waals surface area (Å²) in [7, 11) is 0. The third kappa shape index (κ3) is 1.49. The van der Waals surface area contributed by atoms with E-state index in [-0.39, 0.29) is 0 Å². The van der Waals surface area contributed by atoms with Crippen LogP contribution in [0.2, 0.25) is 0 Å². The van der Waals surface area contributed by atoms with Crippen molar-refractivity contribution in [2.75, 3.05) is 0 Å². The first kappa shape index (κ1) is 8.10. The van der Waals surface area contributed by atoms with Crippen molar-refractivity contribution in [3.05, 3.63) is 65.5 Å². The lowest BCUT2D eigenvalue weighted by atomic mass is 9.97. The SMILES string of the molecule is C=C=C(C1=CC=CC1)C1=CC=CC1. The van der Waals surface area contributed by atoms with E-state index in [9.17, 15) is 0 Å². The highest BCUT2D eigenvalue weighted by molar-refractivity contribution is 5.53. The summed E-state index contributed by atoms with van der Waals surface area (Å²) in [5, 5.41) is 0. The van der Waals surface area contributed by atoms with Gasteiger partial charge >= 0.3 is 0 Å². The molecule has 0 N–H and O–H groups in total. The summed E-state index contributed by atoms with van der Waals surface area (Å²) < 4.78 is 0. The van der Waals surface area contributed by atoms with E-state index in [1.807, 2.05) is 0 Å². The van der Waals surface area contributed by atoms with Gasteiger partial charge in [-0.1, -0.05) is 43.0 Å². The molecule has 2 aliphatic carbocycles. The zero-order chi connectivity index (χ0) is 9.10. The van der Waals surface area contributed by atoms with Crippen molar-refractivity contribution in [2.24, 2.45) is 0 Å². The predicted molar refractivity (Wildman–Crippen MR) is 56.3 cm³/mol. The molecule has 0 radical (unpaired) electrons. The van der Waals surface area contributed by atoms with Crippen LogP contribution < -0.4 is 0 Å². The molecule has 0 atom stereocenters. The van der Waals surface area contributed by atoms with Crippen LogP contribution in [0.4, 0.5) is 0 Å². The standard InChI is InChI=1S/C13H12/c1-2-13(11-7-3-4-8-11)12-9-5-6-10-12/h3-7,9H,1,8,10H2. The molecule has 0 aromatic heterocycles. The van der Waals surface area contributed by atoms with E-state index in [0.717, 1.165) is 12.8 Å². The van der Waals surface area contributed by atoms with Crippen LogP contribution in [0.25, 0.3) is 0 Å². The molecule has 0 unspecified atom stereocenters. The molecule has 0 aromatic rings. The normalized spacial score (nSPS) is 18.5. The second-order valence-corrected chi connectivity index (χ2v) is 3.20. The molecule has 13 heavy (non-hydrogen) atoms. The molecule has 64 valence electrons. The molecule has 0 spiro atoms. The van der Waals surface area contributed by atoms with Crippen molar-refractivity contribution in [3.8, 4) is 0 Å². The van der Waals surface area contributed by atoms with Crippen LogP contribution in [0.3, 0.4) is 0 Å². The minimum Gasteiger partial charge on any atom is -0.120 e. The lowest BCUT2D eigenvalue weighted by molar-refractivity contribution is 1.20. The molecule has 0 fully saturated rings. The third-order valence-corrected chi connectivity index (χ3v) is 2.36. The van der Waals surface area contributed by atoms with Crippen LogP contribution in [0, 0.1) is 0 Å². The van der Waals surface area contributed by atoms with Gasteiger partial charge in [-0.05, 0) is 24.0 Å². The van der Waals surface area contributed by atoms with Crippen molar-refractivity contribution in [1.29, 1.82) is 0 Å². The molecule has 0 aromatic carbocycles. The fourth-order valence-corrected chi connectivity index (χ4v) is 1.70. The van der Waals surface area contributed by atoms with Gasteiger partial charge in [0.1, 0.15) is 0 Å². The van der Waals surface area contributed by atoms with E-state index in [0.29, 0.717) is 0 Å². The van der Waals surface area contributed by atoms with Gasteiger partial charge < -0.3 is 0 Å². The monoisotopic (exact) mass is 168 g/mol. The van der Waals surface area contributed by atoms with Gasteiger partial charge in [0, 0.05) is 5.57 Å². The highest BCUT2D eigenvalue weighted by Crippen LogP contribution is 2.29. The first-order valence-corrected chi connectivity index (χ1v) is 4.54. The Morgan fingerprint density at radius 2 is 1.62 bits per heavy atom. The molecular formula is C13H12. The maximum Gasteiger partial charge on any atom is 0.0228 e. The average Bonchev–Trinajstić information content (AvgIpc) is 2.76. The second-order valence-electron chi connectivity index (χ2n) is 3.20. The van der Waals surface area contributed by atoms with Crippen LogP contribution in [-0.4, -0.2) is 0 Å². The van der Waals surface area contributed by atoms with Crippen molar-refractivity contribution in [1.82, 2.24) is 0 Å². The summed E-state index contributed by atoms with van der Waals surface area (Å²) in [6.07, 6.45) is 14.8. The molecule has 2 aliphatic rings. The van der Waals surface area contributed by atoms with E-state index in [2.05, 4.69) is 48.8 Å². The fraction of sp³-hybridized carbons (Fsp3) is 0.154. The van der Waals surface area contributed by atoms with Gasteiger partial charge in [0.05, 0.1) is 0 Å². The van der Waals surface area contributed by atoms with Gasteiger partial charge in [0.15, 0.2) is 0 Å². The summed E-state index contributed by atoms with van der Waals surface area (Å²) in [5.74, 6) is 0. The third-order valence-electron chi connectivity index (χ3n) is 2.36. The molecule has 0 saturated heterocycles. The lowest BCUT2D eigenvalue weighted by Crippen LogP contribution is -1.88. The summed E-state index contributed by atoms with van der Waals surface area (Å²) >= 11 is 0. The first-order chi connectivity index (χ1) is 6.42. The lowest BCUT2D eigenvalue weighted by Gasteiger charge is -2.06. The molecule has 0 amide bonds. The molecular weight excluding hydrogens is 156 g/mol.